The van der Waals surface area contributed by atoms with E-state index in [1.165, 1.54) is 0 Å². The molecule has 0 atom stereocenters. The van der Waals surface area contributed by atoms with Crippen LogP contribution in [0.2, 0.25) is 0 Å². The van der Waals surface area contributed by atoms with Crippen molar-refractivity contribution in [3.63, 3.8) is 0 Å². The molecule has 2 rings (SSSR count). The predicted octanol–water partition coefficient (Wildman–Crippen LogP) is 3.22. The molecule has 1 N–H and O–H groups in total. The smallest absolute Gasteiger partial charge is 0.335 e. The molecule has 0 aliphatic carbocycles. The van der Waals surface area contributed by atoms with Crippen molar-refractivity contribution < 1.29 is 9.90 Å². The van der Waals surface area contributed by atoms with Crippen molar-refractivity contribution in [3.05, 3.63) is 41.2 Å². The van der Waals surface area contributed by atoms with E-state index in [4.69, 9.17) is 5.11 Å². The molecule has 0 saturated carbocycles. The van der Waals surface area contributed by atoms with E-state index in [2.05, 4.69) is 18.9 Å². The second-order valence-corrected chi connectivity index (χ2v) is 5.15. The van der Waals surface area contributed by atoms with Crippen molar-refractivity contribution in [1.29, 1.82) is 0 Å². The van der Waals surface area contributed by atoms with E-state index in [0.717, 1.165) is 22.4 Å². The van der Waals surface area contributed by atoms with Gasteiger partial charge in [0.2, 0.25) is 0 Å². The van der Waals surface area contributed by atoms with E-state index in [1.807, 2.05) is 26.2 Å². The molecule has 1 heterocycles. The van der Waals surface area contributed by atoms with Gasteiger partial charge in [0, 0.05) is 18.8 Å². The molecule has 2 aromatic rings. The summed E-state index contributed by atoms with van der Waals surface area (Å²) in [6.07, 6.45) is 1.94. The molecule has 0 aliphatic heterocycles. The third-order valence-electron chi connectivity index (χ3n) is 3.04. The minimum atomic E-state index is -0.903. The fourth-order valence-corrected chi connectivity index (χ4v) is 2.22. The molecule has 4 heteroatoms. The highest BCUT2D eigenvalue weighted by Gasteiger charge is 2.15. The Hall–Kier alpha value is -2.10. The molecular weight excluding hydrogens is 240 g/mol. The third kappa shape index (κ3) is 2.67. The SMILES string of the molecule is Cc1cc(C(=O)O)cc(-c2cn(C)nc2C(C)C)c1. The second kappa shape index (κ2) is 4.88. The summed E-state index contributed by atoms with van der Waals surface area (Å²) in [5, 5.41) is 13.6. The average Bonchev–Trinajstić information content (AvgIpc) is 2.70. The van der Waals surface area contributed by atoms with Gasteiger partial charge in [0.15, 0.2) is 0 Å². The normalized spacial score (nSPS) is 11.0. The summed E-state index contributed by atoms with van der Waals surface area (Å²) in [7, 11) is 1.88. The number of hydrogen-bond acceptors (Lipinski definition) is 2. The Bertz CT molecular complexity index is 627. The van der Waals surface area contributed by atoms with Crippen molar-refractivity contribution in [3.8, 4) is 11.1 Å². The number of benzene rings is 1. The van der Waals surface area contributed by atoms with E-state index < -0.39 is 5.97 Å². The maximum atomic E-state index is 11.1. The first-order chi connectivity index (χ1) is 8.88. The summed E-state index contributed by atoms with van der Waals surface area (Å²) in [5.74, 6) is -0.607. The Morgan fingerprint density at radius 1 is 1.32 bits per heavy atom. The number of carbonyl (C=O) groups is 1. The number of aromatic nitrogens is 2. The summed E-state index contributed by atoms with van der Waals surface area (Å²) < 4.78 is 1.77. The second-order valence-electron chi connectivity index (χ2n) is 5.15. The Kier molecular flexibility index (Phi) is 3.42. The molecule has 1 aromatic heterocycles. The lowest BCUT2D eigenvalue weighted by Crippen LogP contribution is -1.98. The van der Waals surface area contributed by atoms with Crippen molar-refractivity contribution in [2.24, 2.45) is 7.05 Å². The lowest BCUT2D eigenvalue weighted by atomic mass is 9.97. The van der Waals surface area contributed by atoms with Gasteiger partial charge in [0.1, 0.15) is 0 Å². The summed E-state index contributed by atoms with van der Waals surface area (Å²) in [6.45, 7) is 6.07. The summed E-state index contributed by atoms with van der Waals surface area (Å²) in [6, 6.07) is 5.38. The van der Waals surface area contributed by atoms with Crippen LogP contribution in [0.1, 0.15) is 41.4 Å². The molecule has 0 saturated heterocycles. The van der Waals surface area contributed by atoms with E-state index in [9.17, 15) is 4.79 Å². The fourth-order valence-electron chi connectivity index (χ4n) is 2.22. The standard InChI is InChI=1S/C15H18N2O2/c1-9(2)14-13(8-17(4)16-14)11-5-10(3)6-12(7-11)15(18)19/h5-9H,1-4H3,(H,18,19). The predicted molar refractivity (Wildman–Crippen MR) is 74.4 cm³/mol. The summed E-state index contributed by atoms with van der Waals surface area (Å²) in [5.41, 5.74) is 4.16. The first-order valence-electron chi connectivity index (χ1n) is 6.27. The first-order valence-corrected chi connectivity index (χ1v) is 6.27. The highest BCUT2D eigenvalue weighted by Crippen LogP contribution is 2.29. The van der Waals surface area contributed by atoms with Crippen LogP contribution in [0, 0.1) is 6.92 Å². The molecule has 0 unspecified atom stereocenters. The highest BCUT2D eigenvalue weighted by molar-refractivity contribution is 5.90. The van der Waals surface area contributed by atoms with Crippen molar-refractivity contribution in [2.45, 2.75) is 26.7 Å². The largest absolute Gasteiger partial charge is 0.478 e. The maximum Gasteiger partial charge on any atom is 0.335 e. The van der Waals surface area contributed by atoms with Gasteiger partial charge in [-0.3, -0.25) is 4.68 Å². The number of rotatable bonds is 3. The highest BCUT2D eigenvalue weighted by atomic mass is 16.4. The molecule has 0 bridgehead atoms. The number of carboxylic acid groups (broad SMARTS) is 1. The van der Waals surface area contributed by atoms with Gasteiger partial charge in [0.25, 0.3) is 0 Å². The van der Waals surface area contributed by atoms with Gasteiger partial charge in [-0.2, -0.15) is 5.10 Å². The molecule has 4 nitrogen and oxygen atoms in total. The van der Waals surface area contributed by atoms with Gasteiger partial charge in [-0.1, -0.05) is 19.9 Å². The fraction of sp³-hybridized carbons (Fsp3) is 0.333. The maximum absolute atomic E-state index is 11.1. The van der Waals surface area contributed by atoms with Crippen molar-refractivity contribution >= 4 is 5.97 Å². The number of aromatic carboxylic acids is 1. The molecule has 19 heavy (non-hydrogen) atoms. The molecule has 100 valence electrons. The Morgan fingerprint density at radius 3 is 2.58 bits per heavy atom. The zero-order valence-electron chi connectivity index (χ0n) is 11.6. The topological polar surface area (TPSA) is 55.1 Å². The van der Waals surface area contributed by atoms with Crippen molar-refractivity contribution in [2.75, 3.05) is 0 Å². The molecule has 0 fully saturated rings. The van der Waals surface area contributed by atoms with E-state index in [1.54, 1.807) is 16.8 Å². The van der Waals surface area contributed by atoms with E-state index in [-0.39, 0.29) is 0 Å². The van der Waals surface area contributed by atoms with Gasteiger partial charge < -0.3 is 5.11 Å². The van der Waals surface area contributed by atoms with E-state index >= 15 is 0 Å². The van der Waals surface area contributed by atoms with Gasteiger partial charge in [-0.15, -0.1) is 0 Å². The summed E-state index contributed by atoms with van der Waals surface area (Å²) in [4.78, 5) is 11.1. The lowest BCUT2D eigenvalue weighted by Gasteiger charge is -2.07. The first kappa shape index (κ1) is 13.3. The number of aryl methyl sites for hydroxylation is 2. The van der Waals surface area contributed by atoms with Crippen LogP contribution < -0.4 is 0 Å². The lowest BCUT2D eigenvalue weighted by molar-refractivity contribution is 0.0697. The number of hydrogen-bond donors (Lipinski definition) is 1. The molecule has 0 amide bonds. The van der Waals surface area contributed by atoms with Crippen LogP contribution in [0.3, 0.4) is 0 Å². The third-order valence-corrected chi connectivity index (χ3v) is 3.04. The zero-order chi connectivity index (χ0) is 14.2. The zero-order valence-corrected chi connectivity index (χ0v) is 11.6. The van der Waals surface area contributed by atoms with Crippen LogP contribution in [-0.4, -0.2) is 20.9 Å². The number of carboxylic acids is 1. The van der Waals surface area contributed by atoms with Crippen LogP contribution in [0.25, 0.3) is 11.1 Å². The monoisotopic (exact) mass is 258 g/mol. The Labute approximate surface area is 112 Å². The molecule has 0 spiro atoms. The minimum Gasteiger partial charge on any atom is -0.478 e. The molecule has 0 aliphatic rings. The van der Waals surface area contributed by atoms with Crippen LogP contribution in [0.5, 0.6) is 0 Å². The van der Waals surface area contributed by atoms with Gasteiger partial charge in [0.05, 0.1) is 11.3 Å². The van der Waals surface area contributed by atoms with Gasteiger partial charge in [-0.25, -0.2) is 4.79 Å². The Balaban J connectivity index is 2.61. The minimum absolute atomic E-state index is 0.296. The van der Waals surface area contributed by atoms with Crippen LogP contribution in [0.15, 0.2) is 24.4 Å². The van der Waals surface area contributed by atoms with Crippen LogP contribution in [-0.2, 0) is 7.05 Å². The molecular formula is C15H18N2O2. The van der Waals surface area contributed by atoms with Crippen LogP contribution >= 0.6 is 0 Å². The van der Waals surface area contributed by atoms with Crippen LogP contribution in [0.4, 0.5) is 0 Å². The van der Waals surface area contributed by atoms with Gasteiger partial charge in [-0.05, 0) is 36.1 Å². The van der Waals surface area contributed by atoms with Gasteiger partial charge >= 0.3 is 5.97 Å². The van der Waals surface area contributed by atoms with E-state index in [0.29, 0.717) is 11.5 Å². The summed E-state index contributed by atoms with van der Waals surface area (Å²) >= 11 is 0. The number of nitrogens with zero attached hydrogens (tertiary/aromatic N) is 2. The Morgan fingerprint density at radius 2 is 2.00 bits per heavy atom. The average molecular weight is 258 g/mol. The quantitative estimate of drug-likeness (QED) is 0.919. The van der Waals surface area contributed by atoms with Crippen molar-refractivity contribution in [1.82, 2.24) is 9.78 Å². The molecule has 1 aromatic carbocycles. The molecule has 0 radical (unpaired) electrons.